The van der Waals surface area contributed by atoms with Gasteiger partial charge < -0.3 is 5.32 Å². The Hall–Kier alpha value is -1.24. The zero-order valence-corrected chi connectivity index (χ0v) is 7.84. The summed E-state index contributed by atoms with van der Waals surface area (Å²) in [5.74, 6) is -4.54. The first-order valence-electron chi connectivity index (χ1n) is 4.21. The molecule has 0 aliphatic rings. The summed E-state index contributed by atoms with van der Waals surface area (Å²) < 4.78 is 73.2. The van der Waals surface area contributed by atoms with Crippen molar-refractivity contribution < 1.29 is 26.3 Å². The van der Waals surface area contributed by atoms with Gasteiger partial charge in [0.2, 0.25) is 0 Å². The van der Waals surface area contributed by atoms with Gasteiger partial charge in [-0.1, -0.05) is 6.07 Å². The van der Waals surface area contributed by atoms with Crippen molar-refractivity contribution in [3.05, 3.63) is 35.1 Å². The molecular formula is C9H7F6N. The molecule has 1 aromatic carbocycles. The molecule has 16 heavy (non-hydrogen) atoms. The second-order valence-corrected chi connectivity index (χ2v) is 3.05. The number of benzene rings is 1. The zero-order valence-electron chi connectivity index (χ0n) is 7.84. The molecule has 0 aliphatic carbocycles. The maximum Gasteiger partial charge on any atom is 0.401 e. The van der Waals surface area contributed by atoms with Gasteiger partial charge in [0, 0.05) is 12.1 Å². The normalized spacial score (nSPS) is 11.9. The Morgan fingerprint density at radius 1 is 1.00 bits per heavy atom. The van der Waals surface area contributed by atoms with Crippen LogP contribution in [-0.2, 0) is 6.54 Å². The minimum Gasteiger partial charge on any atom is -0.304 e. The van der Waals surface area contributed by atoms with Crippen molar-refractivity contribution in [1.29, 1.82) is 0 Å². The third-order valence-electron chi connectivity index (χ3n) is 1.76. The predicted octanol–water partition coefficient (Wildman–Crippen LogP) is 2.76. The highest BCUT2D eigenvalue weighted by molar-refractivity contribution is 5.20. The molecule has 1 aromatic rings. The summed E-state index contributed by atoms with van der Waals surface area (Å²) in [4.78, 5) is 0. The largest absolute Gasteiger partial charge is 0.401 e. The molecule has 0 radical (unpaired) electrons. The lowest BCUT2D eigenvalue weighted by molar-refractivity contribution is -0.125. The van der Waals surface area contributed by atoms with Crippen molar-refractivity contribution in [3.63, 3.8) is 0 Å². The molecule has 0 saturated carbocycles. The van der Waals surface area contributed by atoms with Crippen molar-refractivity contribution in [2.45, 2.75) is 12.7 Å². The molecule has 7 heteroatoms. The standard InChI is InChI=1S/C9H7F6N/c10-6-2-1-5(7(11)8(6)12)3-16-4-9(13,14)15/h1-2,16H,3-4H2. The van der Waals surface area contributed by atoms with Crippen LogP contribution in [0.2, 0.25) is 0 Å². The van der Waals surface area contributed by atoms with E-state index in [2.05, 4.69) is 0 Å². The maximum absolute atomic E-state index is 12.9. The third-order valence-corrected chi connectivity index (χ3v) is 1.76. The SMILES string of the molecule is Fc1ccc(CNCC(F)(F)F)c(F)c1F. The van der Waals surface area contributed by atoms with Crippen molar-refractivity contribution in [1.82, 2.24) is 5.32 Å². The fraction of sp³-hybridized carbons (Fsp3) is 0.333. The molecule has 0 aromatic heterocycles. The minimum atomic E-state index is -4.44. The van der Waals surface area contributed by atoms with Crippen LogP contribution in [0.1, 0.15) is 5.56 Å². The molecule has 90 valence electrons. The van der Waals surface area contributed by atoms with Crippen LogP contribution in [0.25, 0.3) is 0 Å². The van der Waals surface area contributed by atoms with Gasteiger partial charge in [-0.05, 0) is 6.07 Å². The van der Waals surface area contributed by atoms with Gasteiger partial charge in [0.1, 0.15) is 0 Å². The van der Waals surface area contributed by atoms with Crippen LogP contribution < -0.4 is 5.32 Å². The van der Waals surface area contributed by atoms with Gasteiger partial charge in [0.15, 0.2) is 17.5 Å². The van der Waals surface area contributed by atoms with Crippen LogP contribution in [0.4, 0.5) is 26.3 Å². The summed E-state index contributed by atoms with van der Waals surface area (Å²) in [5, 5.41) is 1.88. The molecule has 0 fully saturated rings. The summed E-state index contributed by atoms with van der Waals surface area (Å²) >= 11 is 0. The van der Waals surface area contributed by atoms with Gasteiger partial charge in [-0.25, -0.2) is 13.2 Å². The molecule has 0 heterocycles. The van der Waals surface area contributed by atoms with Gasteiger partial charge in [0.05, 0.1) is 6.54 Å². The first-order chi connectivity index (χ1) is 7.31. The number of halogens is 6. The highest BCUT2D eigenvalue weighted by atomic mass is 19.4. The summed E-state index contributed by atoms with van der Waals surface area (Å²) in [6, 6.07) is 1.54. The Labute approximate surface area is 87.1 Å². The van der Waals surface area contributed by atoms with E-state index in [0.29, 0.717) is 6.07 Å². The topological polar surface area (TPSA) is 12.0 Å². The van der Waals surface area contributed by atoms with E-state index in [-0.39, 0.29) is 5.56 Å². The lowest BCUT2D eigenvalue weighted by Crippen LogP contribution is -2.28. The van der Waals surface area contributed by atoms with E-state index in [9.17, 15) is 26.3 Å². The van der Waals surface area contributed by atoms with Crippen molar-refractivity contribution >= 4 is 0 Å². The summed E-state index contributed by atoms with van der Waals surface area (Å²) in [6.45, 7) is -1.85. The van der Waals surface area contributed by atoms with E-state index in [1.807, 2.05) is 5.32 Å². The van der Waals surface area contributed by atoms with E-state index in [0.717, 1.165) is 6.07 Å². The highest BCUT2D eigenvalue weighted by Crippen LogP contribution is 2.16. The van der Waals surface area contributed by atoms with Crippen LogP contribution in [0.15, 0.2) is 12.1 Å². The van der Waals surface area contributed by atoms with E-state index in [1.54, 1.807) is 0 Å². The molecule has 0 bridgehead atoms. The van der Waals surface area contributed by atoms with Crippen LogP contribution in [0, 0.1) is 17.5 Å². The van der Waals surface area contributed by atoms with Gasteiger partial charge >= 0.3 is 6.18 Å². The molecule has 0 amide bonds. The van der Waals surface area contributed by atoms with Crippen molar-refractivity contribution in [2.75, 3.05) is 6.54 Å². The van der Waals surface area contributed by atoms with Crippen molar-refractivity contribution in [3.8, 4) is 0 Å². The third kappa shape index (κ3) is 3.41. The quantitative estimate of drug-likeness (QED) is 0.635. The zero-order chi connectivity index (χ0) is 12.3. The lowest BCUT2D eigenvalue weighted by Gasteiger charge is -2.09. The van der Waals surface area contributed by atoms with E-state index < -0.39 is 36.7 Å². The summed E-state index contributed by atoms with van der Waals surface area (Å²) in [6.07, 6.45) is -4.44. The summed E-state index contributed by atoms with van der Waals surface area (Å²) in [5.41, 5.74) is -0.358. The Morgan fingerprint density at radius 2 is 1.62 bits per heavy atom. The molecule has 0 spiro atoms. The second-order valence-electron chi connectivity index (χ2n) is 3.05. The van der Waals surface area contributed by atoms with Crippen LogP contribution in [-0.4, -0.2) is 12.7 Å². The molecule has 1 rings (SSSR count). The van der Waals surface area contributed by atoms with Gasteiger partial charge in [-0.15, -0.1) is 0 Å². The molecule has 1 N–H and O–H groups in total. The van der Waals surface area contributed by atoms with Crippen LogP contribution >= 0.6 is 0 Å². The molecular weight excluding hydrogens is 236 g/mol. The monoisotopic (exact) mass is 243 g/mol. The Balaban J connectivity index is 2.65. The molecule has 0 saturated heterocycles. The number of nitrogens with one attached hydrogen (secondary N) is 1. The van der Waals surface area contributed by atoms with Gasteiger partial charge in [-0.3, -0.25) is 0 Å². The second kappa shape index (κ2) is 4.73. The fourth-order valence-electron chi connectivity index (χ4n) is 1.04. The van der Waals surface area contributed by atoms with Gasteiger partial charge in [0.25, 0.3) is 0 Å². The van der Waals surface area contributed by atoms with E-state index in [1.165, 1.54) is 0 Å². The number of rotatable bonds is 3. The molecule has 1 nitrogen and oxygen atoms in total. The fourth-order valence-corrected chi connectivity index (χ4v) is 1.04. The highest BCUT2D eigenvalue weighted by Gasteiger charge is 2.26. The Kier molecular flexibility index (Phi) is 3.79. The Bertz CT molecular complexity index is 373. The molecule has 0 unspecified atom stereocenters. The lowest BCUT2D eigenvalue weighted by atomic mass is 10.2. The van der Waals surface area contributed by atoms with E-state index in [4.69, 9.17) is 0 Å². The maximum atomic E-state index is 12.9. The molecule has 0 atom stereocenters. The summed E-state index contributed by atoms with van der Waals surface area (Å²) in [7, 11) is 0. The number of hydrogen-bond donors (Lipinski definition) is 1. The van der Waals surface area contributed by atoms with Gasteiger partial charge in [-0.2, -0.15) is 13.2 Å². The van der Waals surface area contributed by atoms with Crippen molar-refractivity contribution in [2.24, 2.45) is 0 Å². The minimum absolute atomic E-state index is 0.358. The first kappa shape index (κ1) is 12.8. The van der Waals surface area contributed by atoms with E-state index >= 15 is 0 Å². The van der Waals surface area contributed by atoms with Crippen LogP contribution in [0.5, 0.6) is 0 Å². The van der Waals surface area contributed by atoms with Crippen LogP contribution in [0.3, 0.4) is 0 Å². The average molecular weight is 243 g/mol. The number of alkyl halides is 3. The smallest absolute Gasteiger partial charge is 0.304 e. The average Bonchev–Trinajstić information content (AvgIpc) is 2.16. The molecule has 0 aliphatic heterocycles. The first-order valence-corrected chi connectivity index (χ1v) is 4.21. The Morgan fingerprint density at radius 3 is 2.19 bits per heavy atom. The number of hydrogen-bond acceptors (Lipinski definition) is 1. The predicted molar refractivity (Wildman–Crippen MR) is 44.1 cm³/mol.